The molecular formula is C15H20Cl2N2O2. The molecule has 0 aliphatic rings. The molecule has 21 heavy (non-hydrogen) atoms. The largest absolute Gasteiger partial charge is 0.348 e. The van der Waals surface area contributed by atoms with Crippen molar-refractivity contribution in [2.75, 3.05) is 27.2 Å². The highest BCUT2D eigenvalue weighted by Gasteiger charge is 2.25. The van der Waals surface area contributed by atoms with Gasteiger partial charge in [-0.2, -0.15) is 0 Å². The van der Waals surface area contributed by atoms with Gasteiger partial charge >= 0.3 is 0 Å². The minimum atomic E-state index is -0.433. The molecule has 1 amide bonds. The van der Waals surface area contributed by atoms with E-state index in [1.807, 2.05) is 11.8 Å². The first kappa shape index (κ1) is 18.0. The van der Waals surface area contributed by atoms with Crippen LogP contribution in [0.2, 0.25) is 10.0 Å². The third kappa shape index (κ3) is 4.70. The standard InChI is InChI=1S/C15H20Cl2N2O2/c1-5-19(9-14(20)18(3)4)10(2)15(21)12-7-6-11(16)8-13(12)17/h6-8,10H,5,9H2,1-4H3. The molecule has 0 aromatic heterocycles. The SMILES string of the molecule is CCN(CC(=O)N(C)C)C(C)C(=O)c1ccc(Cl)cc1Cl. The van der Waals surface area contributed by atoms with Gasteiger partial charge in [0.1, 0.15) is 0 Å². The van der Waals surface area contributed by atoms with Gasteiger partial charge in [0.05, 0.1) is 17.6 Å². The summed E-state index contributed by atoms with van der Waals surface area (Å²) in [5.74, 6) is -0.163. The second-order valence-corrected chi connectivity index (χ2v) is 5.86. The maximum Gasteiger partial charge on any atom is 0.236 e. The van der Waals surface area contributed by atoms with Crippen LogP contribution in [0.5, 0.6) is 0 Å². The second-order valence-electron chi connectivity index (χ2n) is 5.02. The number of ketones is 1. The first-order valence-corrected chi connectivity index (χ1v) is 7.47. The number of rotatable bonds is 6. The number of hydrogen-bond acceptors (Lipinski definition) is 3. The van der Waals surface area contributed by atoms with Gasteiger partial charge in [-0.25, -0.2) is 0 Å². The number of carbonyl (C=O) groups excluding carboxylic acids is 2. The molecule has 0 aliphatic heterocycles. The van der Waals surface area contributed by atoms with E-state index in [2.05, 4.69) is 0 Å². The Morgan fingerprint density at radius 3 is 2.33 bits per heavy atom. The van der Waals surface area contributed by atoms with Crippen molar-refractivity contribution in [1.82, 2.24) is 9.80 Å². The van der Waals surface area contributed by atoms with Gasteiger partial charge in [0, 0.05) is 24.7 Å². The number of amides is 1. The summed E-state index contributed by atoms with van der Waals surface area (Å²) in [4.78, 5) is 27.7. The van der Waals surface area contributed by atoms with E-state index in [1.54, 1.807) is 39.2 Å². The predicted molar refractivity (Wildman–Crippen MR) is 86.2 cm³/mol. The fourth-order valence-corrected chi connectivity index (χ4v) is 2.42. The van der Waals surface area contributed by atoms with Crippen molar-refractivity contribution >= 4 is 34.9 Å². The fourth-order valence-electron chi connectivity index (χ4n) is 1.92. The van der Waals surface area contributed by atoms with Crippen molar-refractivity contribution < 1.29 is 9.59 Å². The number of nitrogens with zero attached hydrogens (tertiary/aromatic N) is 2. The van der Waals surface area contributed by atoms with Gasteiger partial charge in [-0.05, 0) is 31.7 Å². The van der Waals surface area contributed by atoms with Gasteiger partial charge in [-0.3, -0.25) is 14.5 Å². The van der Waals surface area contributed by atoms with Crippen molar-refractivity contribution in [3.05, 3.63) is 33.8 Å². The van der Waals surface area contributed by atoms with Crippen molar-refractivity contribution in [2.45, 2.75) is 19.9 Å². The number of halogens is 2. The average Bonchev–Trinajstić information content (AvgIpc) is 2.42. The van der Waals surface area contributed by atoms with Crippen LogP contribution in [-0.2, 0) is 4.79 Å². The molecule has 0 fully saturated rings. The Labute approximate surface area is 135 Å². The van der Waals surface area contributed by atoms with Crippen LogP contribution in [0, 0.1) is 0 Å². The molecule has 1 atom stereocenters. The number of carbonyl (C=O) groups is 2. The molecule has 4 nitrogen and oxygen atoms in total. The third-order valence-electron chi connectivity index (χ3n) is 3.37. The summed E-state index contributed by atoms with van der Waals surface area (Å²) in [6.07, 6.45) is 0. The molecule has 0 N–H and O–H groups in total. The van der Waals surface area contributed by atoms with Crippen LogP contribution in [0.3, 0.4) is 0 Å². The molecule has 1 aromatic carbocycles. The van der Waals surface area contributed by atoms with Gasteiger partial charge in [0.15, 0.2) is 5.78 Å². The predicted octanol–water partition coefficient (Wildman–Crippen LogP) is 2.97. The molecule has 0 heterocycles. The van der Waals surface area contributed by atoms with Crippen LogP contribution < -0.4 is 0 Å². The normalized spacial score (nSPS) is 12.3. The summed E-state index contributed by atoms with van der Waals surface area (Å²) in [7, 11) is 3.39. The lowest BCUT2D eigenvalue weighted by Crippen LogP contribution is -2.44. The average molecular weight is 331 g/mol. The smallest absolute Gasteiger partial charge is 0.236 e. The van der Waals surface area contributed by atoms with E-state index in [0.717, 1.165) is 0 Å². The lowest BCUT2D eigenvalue weighted by atomic mass is 10.0. The molecular weight excluding hydrogens is 311 g/mol. The van der Waals surface area contributed by atoms with E-state index in [9.17, 15) is 9.59 Å². The summed E-state index contributed by atoms with van der Waals surface area (Å²) in [5.41, 5.74) is 0.421. The molecule has 6 heteroatoms. The Morgan fingerprint density at radius 1 is 1.24 bits per heavy atom. The van der Waals surface area contributed by atoms with Crippen LogP contribution in [0.25, 0.3) is 0 Å². The van der Waals surface area contributed by atoms with E-state index in [1.165, 1.54) is 4.90 Å². The molecule has 0 aliphatic carbocycles. The third-order valence-corrected chi connectivity index (χ3v) is 3.91. The van der Waals surface area contributed by atoms with E-state index < -0.39 is 6.04 Å². The maximum absolute atomic E-state index is 12.5. The second kappa shape index (κ2) is 7.78. The van der Waals surface area contributed by atoms with Crippen molar-refractivity contribution in [2.24, 2.45) is 0 Å². The van der Waals surface area contributed by atoms with Crippen molar-refractivity contribution in [3.63, 3.8) is 0 Å². The van der Waals surface area contributed by atoms with Crippen LogP contribution >= 0.6 is 23.2 Å². The Balaban J connectivity index is 2.91. The summed E-state index contributed by atoms with van der Waals surface area (Å²) < 4.78 is 0. The maximum atomic E-state index is 12.5. The summed E-state index contributed by atoms with van der Waals surface area (Å²) in [5, 5.41) is 0.814. The molecule has 0 saturated carbocycles. The minimum Gasteiger partial charge on any atom is -0.348 e. The van der Waals surface area contributed by atoms with Crippen molar-refractivity contribution in [3.8, 4) is 0 Å². The van der Waals surface area contributed by atoms with Gasteiger partial charge in [0.25, 0.3) is 0 Å². The Morgan fingerprint density at radius 2 is 1.86 bits per heavy atom. The molecule has 1 rings (SSSR count). The Kier molecular flexibility index (Phi) is 6.65. The molecule has 0 spiro atoms. The molecule has 0 bridgehead atoms. The highest BCUT2D eigenvalue weighted by molar-refractivity contribution is 6.37. The first-order chi connectivity index (χ1) is 9.77. The molecule has 116 valence electrons. The number of likely N-dealkylation sites (N-methyl/N-ethyl adjacent to an activating group) is 2. The topological polar surface area (TPSA) is 40.6 Å². The molecule has 0 saturated heterocycles. The Hall–Kier alpha value is -1.10. The quantitative estimate of drug-likeness (QED) is 0.753. The van der Waals surface area contributed by atoms with Crippen LogP contribution in [-0.4, -0.2) is 54.7 Å². The lowest BCUT2D eigenvalue weighted by molar-refractivity contribution is -0.130. The van der Waals surface area contributed by atoms with Gasteiger partial charge in [-0.15, -0.1) is 0 Å². The van der Waals surface area contributed by atoms with E-state index in [-0.39, 0.29) is 18.2 Å². The summed E-state index contributed by atoms with van der Waals surface area (Å²) in [6, 6.07) is 4.36. The van der Waals surface area contributed by atoms with Crippen molar-refractivity contribution in [1.29, 1.82) is 0 Å². The lowest BCUT2D eigenvalue weighted by Gasteiger charge is -2.27. The molecule has 1 unspecified atom stereocenters. The van der Waals surface area contributed by atoms with Gasteiger partial charge in [0.2, 0.25) is 5.91 Å². The highest BCUT2D eigenvalue weighted by Crippen LogP contribution is 2.23. The van der Waals surface area contributed by atoms with Crippen LogP contribution in [0.1, 0.15) is 24.2 Å². The summed E-state index contributed by atoms with van der Waals surface area (Å²) >= 11 is 11.9. The fraction of sp³-hybridized carbons (Fsp3) is 0.467. The number of benzene rings is 1. The van der Waals surface area contributed by atoms with E-state index in [4.69, 9.17) is 23.2 Å². The van der Waals surface area contributed by atoms with E-state index in [0.29, 0.717) is 22.2 Å². The van der Waals surface area contributed by atoms with Gasteiger partial charge in [-0.1, -0.05) is 30.1 Å². The monoisotopic (exact) mass is 330 g/mol. The zero-order valence-corrected chi connectivity index (χ0v) is 14.2. The summed E-state index contributed by atoms with van der Waals surface area (Å²) in [6.45, 7) is 4.48. The van der Waals surface area contributed by atoms with Crippen LogP contribution in [0.15, 0.2) is 18.2 Å². The van der Waals surface area contributed by atoms with E-state index >= 15 is 0 Å². The van der Waals surface area contributed by atoms with Crippen LogP contribution in [0.4, 0.5) is 0 Å². The zero-order chi connectivity index (χ0) is 16.2. The highest BCUT2D eigenvalue weighted by atomic mass is 35.5. The molecule has 1 aromatic rings. The number of Topliss-reactive ketones (excluding diaryl/α,β-unsaturated/α-hetero) is 1. The minimum absolute atomic E-state index is 0.0429. The van der Waals surface area contributed by atoms with Gasteiger partial charge < -0.3 is 4.90 Å². The molecule has 0 radical (unpaired) electrons. The first-order valence-electron chi connectivity index (χ1n) is 6.71. The number of hydrogen-bond donors (Lipinski definition) is 0. The Bertz CT molecular complexity index is 532. The zero-order valence-electron chi connectivity index (χ0n) is 12.7.